The lowest BCUT2D eigenvalue weighted by atomic mass is 9.94. The molecule has 6 nitrogen and oxygen atoms in total. The van der Waals surface area contributed by atoms with Gasteiger partial charge in [-0.2, -0.15) is 0 Å². The van der Waals surface area contributed by atoms with Crippen LogP contribution in [-0.4, -0.2) is 25.0 Å². The zero-order valence-electron chi connectivity index (χ0n) is 20.2. The van der Waals surface area contributed by atoms with E-state index in [9.17, 15) is 9.59 Å². The van der Waals surface area contributed by atoms with Gasteiger partial charge in [-0.05, 0) is 80.0 Å². The first-order chi connectivity index (χ1) is 16.5. The molecular formula is C28H36N2O4. The zero-order valence-corrected chi connectivity index (χ0v) is 20.2. The number of methoxy groups -OCH3 is 1. The normalized spacial score (nSPS) is 21.1. The van der Waals surface area contributed by atoms with Gasteiger partial charge in [0, 0.05) is 13.3 Å². The molecule has 3 unspecified atom stereocenters. The summed E-state index contributed by atoms with van der Waals surface area (Å²) in [6.07, 6.45) is 7.94. The van der Waals surface area contributed by atoms with Gasteiger partial charge in [-0.25, -0.2) is 0 Å². The Bertz CT molecular complexity index is 972. The number of hydrogen-bond acceptors (Lipinski definition) is 4. The van der Waals surface area contributed by atoms with Crippen molar-refractivity contribution < 1.29 is 19.1 Å². The van der Waals surface area contributed by atoms with E-state index in [1.54, 1.807) is 7.11 Å². The van der Waals surface area contributed by atoms with E-state index < -0.39 is 6.17 Å². The summed E-state index contributed by atoms with van der Waals surface area (Å²) >= 11 is 0. The average molecular weight is 465 g/mol. The quantitative estimate of drug-likeness (QED) is 0.498. The summed E-state index contributed by atoms with van der Waals surface area (Å²) in [6, 6.07) is 15.8. The predicted octanol–water partition coefficient (Wildman–Crippen LogP) is 5.24. The first kappa shape index (κ1) is 24.1. The molecule has 2 fully saturated rings. The summed E-state index contributed by atoms with van der Waals surface area (Å²) in [5.41, 5.74) is 2.13. The summed E-state index contributed by atoms with van der Waals surface area (Å²) in [6.45, 7) is 1.46. The maximum Gasteiger partial charge on any atom is 0.222 e. The van der Waals surface area contributed by atoms with Gasteiger partial charge < -0.3 is 20.1 Å². The van der Waals surface area contributed by atoms with Gasteiger partial charge in [-0.15, -0.1) is 0 Å². The van der Waals surface area contributed by atoms with Crippen molar-refractivity contribution in [3.8, 4) is 11.5 Å². The first-order valence-electron chi connectivity index (χ1n) is 12.5. The average Bonchev–Trinajstić information content (AvgIpc) is 3.51. The minimum atomic E-state index is -0.514. The van der Waals surface area contributed by atoms with Gasteiger partial charge in [-0.3, -0.25) is 9.59 Å². The van der Waals surface area contributed by atoms with E-state index in [2.05, 4.69) is 22.8 Å². The second-order valence-corrected chi connectivity index (χ2v) is 9.63. The lowest BCUT2D eigenvalue weighted by Gasteiger charge is -2.21. The van der Waals surface area contributed by atoms with Gasteiger partial charge >= 0.3 is 0 Å². The topological polar surface area (TPSA) is 76.7 Å². The molecule has 3 atom stereocenters. The fraction of sp³-hybridized carbons (Fsp3) is 0.500. The molecule has 2 aromatic rings. The van der Waals surface area contributed by atoms with Gasteiger partial charge in [0.05, 0.1) is 13.2 Å². The lowest BCUT2D eigenvalue weighted by Crippen LogP contribution is -2.40. The van der Waals surface area contributed by atoms with Gasteiger partial charge in [0.25, 0.3) is 0 Å². The highest BCUT2D eigenvalue weighted by Gasteiger charge is 2.29. The highest BCUT2D eigenvalue weighted by atomic mass is 16.5. The van der Waals surface area contributed by atoms with E-state index in [-0.39, 0.29) is 17.9 Å². The Morgan fingerprint density at radius 1 is 0.971 bits per heavy atom. The Morgan fingerprint density at radius 2 is 1.74 bits per heavy atom. The van der Waals surface area contributed by atoms with Crippen LogP contribution < -0.4 is 20.1 Å². The van der Waals surface area contributed by atoms with E-state index in [1.165, 1.54) is 25.3 Å². The van der Waals surface area contributed by atoms with Crippen molar-refractivity contribution in [2.24, 2.45) is 5.92 Å². The van der Waals surface area contributed by atoms with Gasteiger partial charge in [0.1, 0.15) is 6.17 Å². The maximum absolute atomic E-state index is 12.8. The predicted molar refractivity (Wildman–Crippen MR) is 132 cm³/mol. The Kier molecular flexibility index (Phi) is 8.09. The number of nitrogens with one attached hydrogen (secondary N) is 2. The van der Waals surface area contributed by atoms with Crippen LogP contribution in [0.15, 0.2) is 48.5 Å². The van der Waals surface area contributed by atoms with Crippen LogP contribution >= 0.6 is 0 Å². The molecule has 2 aromatic carbocycles. The molecule has 0 spiro atoms. The molecule has 0 radical (unpaired) electrons. The number of ether oxygens (including phenoxy) is 2. The molecule has 0 heterocycles. The molecule has 0 aromatic heterocycles. The minimum absolute atomic E-state index is 0.0340. The molecule has 182 valence electrons. The summed E-state index contributed by atoms with van der Waals surface area (Å²) < 4.78 is 11.8. The molecule has 34 heavy (non-hydrogen) atoms. The van der Waals surface area contributed by atoms with Gasteiger partial charge in [0.15, 0.2) is 11.5 Å². The van der Waals surface area contributed by atoms with E-state index in [4.69, 9.17) is 9.47 Å². The number of benzene rings is 2. The Labute approximate surface area is 202 Å². The van der Waals surface area contributed by atoms with Crippen LogP contribution in [0.4, 0.5) is 0 Å². The van der Waals surface area contributed by atoms with Gasteiger partial charge in [0.2, 0.25) is 11.8 Å². The lowest BCUT2D eigenvalue weighted by molar-refractivity contribution is -0.124. The van der Waals surface area contributed by atoms with Crippen molar-refractivity contribution in [2.75, 3.05) is 7.11 Å². The molecule has 2 amide bonds. The van der Waals surface area contributed by atoms with Crippen LogP contribution in [0.1, 0.15) is 81.5 Å². The van der Waals surface area contributed by atoms with Crippen LogP contribution in [0.2, 0.25) is 0 Å². The van der Waals surface area contributed by atoms with Crippen LogP contribution in [-0.2, 0) is 9.59 Å². The first-order valence-corrected chi connectivity index (χ1v) is 12.5. The molecule has 2 saturated carbocycles. The fourth-order valence-electron chi connectivity index (χ4n) is 5.32. The Hall–Kier alpha value is -3.02. The number of rotatable bonds is 9. The Morgan fingerprint density at radius 3 is 2.44 bits per heavy atom. The highest BCUT2D eigenvalue weighted by Crippen LogP contribution is 2.42. The van der Waals surface area contributed by atoms with E-state index in [0.717, 1.165) is 49.2 Å². The molecule has 2 N–H and O–H groups in total. The Balaban J connectivity index is 1.35. The number of carbonyl (C=O) groups is 2. The maximum atomic E-state index is 12.8. The summed E-state index contributed by atoms with van der Waals surface area (Å²) in [4.78, 5) is 24.5. The third kappa shape index (κ3) is 6.31. The summed E-state index contributed by atoms with van der Waals surface area (Å²) in [7, 11) is 1.68. The van der Waals surface area contributed by atoms with Crippen molar-refractivity contribution in [3.05, 3.63) is 59.7 Å². The van der Waals surface area contributed by atoms with Crippen LogP contribution in [0.25, 0.3) is 0 Å². The smallest absolute Gasteiger partial charge is 0.222 e. The van der Waals surface area contributed by atoms with Gasteiger partial charge in [-0.1, -0.05) is 36.4 Å². The molecular weight excluding hydrogens is 428 g/mol. The van der Waals surface area contributed by atoms with Crippen LogP contribution in [0, 0.1) is 5.92 Å². The molecule has 2 aliphatic carbocycles. The second kappa shape index (κ2) is 11.4. The standard InChI is InChI=1S/C28H36N2O4/c1-19(31)29-28(21-8-4-3-5-9-21)30-27(32)17-20-12-13-22(16-20)23-14-15-25(33-2)26(18-23)34-24-10-6-7-11-24/h3-5,8-9,14-15,18,20,22,24,28H,6-7,10-13,16-17H2,1-2H3,(H,29,31)(H,30,32). The molecule has 4 rings (SSSR count). The summed E-state index contributed by atoms with van der Waals surface area (Å²) in [5, 5.41) is 5.84. The molecule has 2 aliphatic rings. The van der Waals surface area contributed by atoms with Crippen molar-refractivity contribution in [2.45, 2.75) is 76.5 Å². The van der Waals surface area contributed by atoms with E-state index in [0.29, 0.717) is 18.3 Å². The van der Waals surface area contributed by atoms with E-state index >= 15 is 0 Å². The second-order valence-electron chi connectivity index (χ2n) is 9.63. The monoisotopic (exact) mass is 464 g/mol. The number of amides is 2. The SMILES string of the molecule is COc1ccc(C2CCC(CC(=O)NC(NC(C)=O)c3ccccc3)C2)cc1OC1CCCC1. The van der Waals surface area contributed by atoms with Crippen molar-refractivity contribution in [3.63, 3.8) is 0 Å². The molecule has 0 aliphatic heterocycles. The number of carbonyl (C=O) groups excluding carboxylic acids is 2. The van der Waals surface area contributed by atoms with E-state index in [1.807, 2.05) is 36.4 Å². The molecule has 0 bridgehead atoms. The molecule has 0 saturated heterocycles. The third-order valence-corrected chi connectivity index (χ3v) is 7.06. The van der Waals surface area contributed by atoms with Crippen molar-refractivity contribution in [1.82, 2.24) is 10.6 Å². The van der Waals surface area contributed by atoms with Crippen LogP contribution in [0.5, 0.6) is 11.5 Å². The van der Waals surface area contributed by atoms with Crippen LogP contribution in [0.3, 0.4) is 0 Å². The number of hydrogen-bond donors (Lipinski definition) is 2. The molecule has 6 heteroatoms. The fourth-order valence-corrected chi connectivity index (χ4v) is 5.32. The summed E-state index contributed by atoms with van der Waals surface area (Å²) in [5.74, 6) is 2.15. The van der Waals surface area contributed by atoms with Crippen molar-refractivity contribution in [1.29, 1.82) is 0 Å². The third-order valence-electron chi connectivity index (χ3n) is 7.06. The minimum Gasteiger partial charge on any atom is -0.493 e. The zero-order chi connectivity index (χ0) is 23.9. The largest absolute Gasteiger partial charge is 0.493 e. The van der Waals surface area contributed by atoms with Crippen molar-refractivity contribution >= 4 is 11.8 Å². The highest BCUT2D eigenvalue weighted by molar-refractivity contribution is 5.78.